The molecule has 0 bridgehead atoms. The minimum absolute atomic E-state index is 0.0704. The Labute approximate surface area is 149 Å². The zero-order chi connectivity index (χ0) is 18.5. The van der Waals surface area contributed by atoms with Gasteiger partial charge in [-0.2, -0.15) is 0 Å². The van der Waals surface area contributed by atoms with E-state index in [2.05, 4.69) is 10.9 Å². The molecule has 0 saturated heterocycles. The number of benzene rings is 2. The molecule has 3 aromatic rings. The minimum atomic E-state index is -0.854. The topological polar surface area (TPSA) is 72.4 Å². The summed E-state index contributed by atoms with van der Waals surface area (Å²) in [4.78, 5) is 24.0. The second-order valence-corrected chi connectivity index (χ2v) is 5.75. The third-order valence-corrected chi connectivity index (χ3v) is 3.82. The monoisotopic (exact) mass is 355 g/mol. The molecule has 1 aromatic heterocycles. The Morgan fingerprint density at radius 3 is 2.58 bits per heavy atom. The van der Waals surface area contributed by atoms with Crippen LogP contribution in [0.4, 0.5) is 4.39 Å². The first-order valence-corrected chi connectivity index (χ1v) is 8.08. The summed E-state index contributed by atoms with van der Waals surface area (Å²) in [5, 5.41) is 1.03. The van der Waals surface area contributed by atoms with E-state index in [9.17, 15) is 14.0 Å². The number of para-hydroxylation sites is 1. The van der Waals surface area contributed by atoms with E-state index < -0.39 is 12.0 Å². The lowest BCUT2D eigenvalue weighted by molar-refractivity contribution is -0.132. The fourth-order valence-corrected chi connectivity index (χ4v) is 2.48. The number of halogens is 1. The average Bonchev–Trinajstić information content (AvgIpc) is 3.04. The van der Waals surface area contributed by atoms with E-state index >= 15 is 0 Å². The lowest BCUT2D eigenvalue weighted by Gasteiger charge is -2.15. The number of fused-ring (bicyclic) bond motifs is 1. The van der Waals surface area contributed by atoms with Crippen molar-refractivity contribution in [3.63, 3.8) is 0 Å². The first-order valence-electron chi connectivity index (χ1n) is 8.08. The molecule has 26 heavy (non-hydrogen) atoms. The first-order chi connectivity index (χ1) is 12.5. The summed E-state index contributed by atoms with van der Waals surface area (Å²) in [6.07, 6.45) is 0.958. The van der Waals surface area contributed by atoms with Crippen molar-refractivity contribution in [3.05, 3.63) is 66.6 Å². The van der Waals surface area contributed by atoms with Gasteiger partial charge in [0, 0.05) is 11.7 Å². The molecule has 2 aromatic carbocycles. The number of ether oxygens (including phenoxy) is 1. The largest absolute Gasteiger partial charge is 0.481 e. The van der Waals surface area contributed by atoms with Crippen molar-refractivity contribution < 1.29 is 18.7 Å². The number of hydrogen-bond acceptors (Lipinski definition) is 3. The van der Waals surface area contributed by atoms with Crippen LogP contribution in [0, 0.1) is 5.82 Å². The summed E-state index contributed by atoms with van der Waals surface area (Å²) in [6.45, 7) is 1.60. The molecule has 0 aliphatic rings. The average molecular weight is 355 g/mol. The van der Waals surface area contributed by atoms with Gasteiger partial charge in [0.15, 0.2) is 6.10 Å². The van der Waals surface area contributed by atoms with Gasteiger partial charge in [-0.1, -0.05) is 18.2 Å². The lowest BCUT2D eigenvalue weighted by Crippen LogP contribution is -2.48. The highest BCUT2D eigenvalue weighted by molar-refractivity contribution is 5.86. The zero-order valence-electron chi connectivity index (χ0n) is 14.1. The smallest absolute Gasteiger partial charge is 0.279 e. The van der Waals surface area contributed by atoms with Gasteiger partial charge in [0.1, 0.15) is 18.1 Å². The summed E-state index contributed by atoms with van der Waals surface area (Å²) in [5.41, 5.74) is 5.62. The van der Waals surface area contributed by atoms with Crippen LogP contribution in [0.2, 0.25) is 0 Å². The van der Waals surface area contributed by atoms with Crippen molar-refractivity contribution in [2.45, 2.75) is 19.6 Å². The van der Waals surface area contributed by atoms with E-state index in [1.54, 1.807) is 4.57 Å². The number of nitrogens with one attached hydrogen (secondary N) is 2. The van der Waals surface area contributed by atoms with Gasteiger partial charge < -0.3 is 9.30 Å². The molecule has 0 aliphatic heterocycles. The van der Waals surface area contributed by atoms with E-state index in [4.69, 9.17) is 4.74 Å². The van der Waals surface area contributed by atoms with Gasteiger partial charge in [-0.3, -0.25) is 20.4 Å². The van der Waals surface area contributed by atoms with Crippen LogP contribution in [0.1, 0.15) is 6.92 Å². The SMILES string of the molecule is CC(Oc1ccc(F)cc1)C(=O)NNC(=O)Cn1ccc2ccccc21. The normalized spacial score (nSPS) is 11.8. The molecule has 1 heterocycles. The van der Waals surface area contributed by atoms with Gasteiger partial charge in [0.25, 0.3) is 11.8 Å². The molecule has 7 heteroatoms. The number of aromatic nitrogens is 1. The number of rotatable bonds is 5. The van der Waals surface area contributed by atoms with Crippen LogP contribution in [0.25, 0.3) is 10.9 Å². The Balaban J connectivity index is 1.50. The molecule has 2 N–H and O–H groups in total. The first kappa shape index (κ1) is 17.5. The van der Waals surface area contributed by atoms with Crippen LogP contribution in [-0.2, 0) is 16.1 Å². The molecule has 0 radical (unpaired) electrons. The van der Waals surface area contributed by atoms with E-state index in [-0.39, 0.29) is 18.3 Å². The van der Waals surface area contributed by atoms with Crippen molar-refractivity contribution in [2.24, 2.45) is 0 Å². The standard InChI is InChI=1S/C19H18FN3O3/c1-13(26-16-8-6-15(20)7-9-16)19(25)22-21-18(24)12-23-11-10-14-4-2-3-5-17(14)23/h2-11,13H,12H2,1H3,(H,21,24)(H,22,25). The van der Waals surface area contributed by atoms with Crippen molar-refractivity contribution in [3.8, 4) is 5.75 Å². The predicted molar refractivity (Wildman–Crippen MR) is 94.7 cm³/mol. The highest BCUT2D eigenvalue weighted by atomic mass is 19.1. The lowest BCUT2D eigenvalue weighted by atomic mass is 10.2. The molecule has 0 aliphatic carbocycles. The second kappa shape index (κ2) is 7.69. The Bertz CT molecular complexity index is 921. The quantitative estimate of drug-likeness (QED) is 0.691. The molecule has 134 valence electrons. The van der Waals surface area contributed by atoms with Crippen LogP contribution >= 0.6 is 0 Å². The van der Waals surface area contributed by atoms with Gasteiger partial charge in [-0.25, -0.2) is 4.39 Å². The molecule has 1 atom stereocenters. The molecule has 3 rings (SSSR count). The van der Waals surface area contributed by atoms with Crippen LogP contribution < -0.4 is 15.6 Å². The number of amides is 2. The highest BCUT2D eigenvalue weighted by Crippen LogP contribution is 2.15. The molecule has 0 fully saturated rings. The summed E-state index contributed by atoms with van der Waals surface area (Å²) in [5.74, 6) is -0.910. The number of carbonyl (C=O) groups excluding carboxylic acids is 2. The summed E-state index contributed by atoms with van der Waals surface area (Å²) in [6, 6.07) is 14.9. The maximum absolute atomic E-state index is 12.9. The Hall–Kier alpha value is -3.35. The maximum Gasteiger partial charge on any atom is 0.279 e. The molecule has 0 saturated carbocycles. The number of hydrazine groups is 1. The van der Waals surface area contributed by atoms with E-state index in [1.807, 2.05) is 36.5 Å². The number of hydrogen-bond donors (Lipinski definition) is 2. The summed E-state index contributed by atoms with van der Waals surface area (Å²) in [7, 11) is 0. The van der Waals surface area contributed by atoms with Gasteiger partial charge in [-0.05, 0) is 48.7 Å². The molecular weight excluding hydrogens is 337 g/mol. The molecular formula is C19H18FN3O3. The fourth-order valence-electron chi connectivity index (χ4n) is 2.48. The van der Waals surface area contributed by atoms with Gasteiger partial charge in [0.2, 0.25) is 0 Å². The van der Waals surface area contributed by atoms with E-state index in [0.717, 1.165) is 10.9 Å². The molecule has 1 unspecified atom stereocenters. The van der Waals surface area contributed by atoms with E-state index in [1.165, 1.54) is 31.2 Å². The number of carbonyl (C=O) groups is 2. The van der Waals surface area contributed by atoms with Crippen LogP contribution in [0.15, 0.2) is 60.8 Å². The highest BCUT2D eigenvalue weighted by Gasteiger charge is 2.15. The Morgan fingerprint density at radius 1 is 1.08 bits per heavy atom. The summed E-state index contributed by atoms with van der Waals surface area (Å²) >= 11 is 0. The molecule has 2 amide bonds. The minimum Gasteiger partial charge on any atom is -0.481 e. The third-order valence-electron chi connectivity index (χ3n) is 3.82. The van der Waals surface area contributed by atoms with Crippen molar-refractivity contribution >= 4 is 22.7 Å². The summed E-state index contributed by atoms with van der Waals surface area (Å²) < 4.78 is 20.0. The van der Waals surface area contributed by atoms with Crippen molar-refractivity contribution in [1.82, 2.24) is 15.4 Å². The zero-order valence-corrected chi connectivity index (χ0v) is 14.1. The van der Waals surface area contributed by atoms with Crippen LogP contribution in [-0.4, -0.2) is 22.5 Å². The van der Waals surface area contributed by atoms with E-state index in [0.29, 0.717) is 5.75 Å². The van der Waals surface area contributed by atoms with Crippen LogP contribution in [0.3, 0.4) is 0 Å². The van der Waals surface area contributed by atoms with Crippen LogP contribution in [0.5, 0.6) is 5.75 Å². The van der Waals surface area contributed by atoms with Gasteiger partial charge >= 0.3 is 0 Å². The van der Waals surface area contributed by atoms with Gasteiger partial charge in [-0.15, -0.1) is 0 Å². The second-order valence-electron chi connectivity index (χ2n) is 5.75. The van der Waals surface area contributed by atoms with Crippen molar-refractivity contribution in [2.75, 3.05) is 0 Å². The predicted octanol–water partition coefficient (Wildman–Crippen LogP) is 2.40. The molecule has 6 nitrogen and oxygen atoms in total. The number of nitrogens with zero attached hydrogens (tertiary/aromatic N) is 1. The van der Waals surface area contributed by atoms with Gasteiger partial charge in [0.05, 0.1) is 0 Å². The fraction of sp³-hybridized carbons (Fsp3) is 0.158. The third kappa shape index (κ3) is 4.18. The maximum atomic E-state index is 12.9. The Kier molecular flexibility index (Phi) is 5.17. The van der Waals surface area contributed by atoms with Crippen molar-refractivity contribution in [1.29, 1.82) is 0 Å². The Morgan fingerprint density at radius 2 is 1.81 bits per heavy atom. The molecule has 0 spiro atoms.